The molecule has 0 bridgehead atoms. The van der Waals surface area contributed by atoms with Crippen LogP contribution < -0.4 is 0 Å². The van der Waals surface area contributed by atoms with Crippen LogP contribution in [0.4, 0.5) is 0 Å². The van der Waals surface area contributed by atoms with Gasteiger partial charge in [-0.05, 0) is 6.92 Å². The number of thiazole rings is 1. The van der Waals surface area contributed by atoms with Crippen molar-refractivity contribution in [3.8, 4) is 0 Å². The summed E-state index contributed by atoms with van der Waals surface area (Å²) in [5.74, 6) is 0. The minimum Gasteiger partial charge on any atom is -0.286 e. The molecule has 0 radical (unpaired) electrons. The van der Waals surface area contributed by atoms with Gasteiger partial charge in [0.15, 0.2) is 0 Å². The number of rotatable bonds is 0. The van der Waals surface area contributed by atoms with Crippen molar-refractivity contribution in [2.24, 2.45) is 0 Å². The largest absolute Gasteiger partial charge is 0.286 e. The summed E-state index contributed by atoms with van der Waals surface area (Å²) in [7, 11) is 0. The van der Waals surface area contributed by atoms with E-state index in [0.717, 1.165) is 15.6 Å². The molecule has 0 unspecified atom stereocenters. The molecule has 0 fully saturated rings. The molecule has 0 atom stereocenters. The summed E-state index contributed by atoms with van der Waals surface area (Å²) >= 11 is 13.4. The molecule has 0 amide bonds. The Morgan fingerprint density at radius 1 is 1.67 bits per heavy atom. The molecule has 2 nitrogen and oxygen atoms in total. The van der Waals surface area contributed by atoms with Gasteiger partial charge >= 0.3 is 0 Å². The van der Waals surface area contributed by atoms with Crippen LogP contribution in [0.3, 0.4) is 0 Å². The molecule has 1 aromatic heterocycles. The molecule has 12 heavy (non-hydrogen) atoms. The molecule has 64 valence electrons. The number of aryl methyl sites for hydroxylation is 1. The summed E-state index contributed by atoms with van der Waals surface area (Å²) in [6, 6.07) is 0. The lowest BCUT2D eigenvalue weighted by Crippen LogP contribution is -2.08. The predicted molar refractivity (Wildman–Crippen MR) is 52.1 cm³/mol. The van der Waals surface area contributed by atoms with Gasteiger partial charge in [0.2, 0.25) is 0 Å². The molecule has 0 aliphatic carbocycles. The molecule has 0 spiro atoms. The van der Waals surface area contributed by atoms with Gasteiger partial charge in [-0.1, -0.05) is 11.6 Å². The summed E-state index contributed by atoms with van der Waals surface area (Å²) in [5.41, 5.74) is 0.885. The van der Waals surface area contributed by atoms with Crippen LogP contribution in [-0.4, -0.2) is 9.40 Å². The number of halogens is 2. The van der Waals surface area contributed by atoms with Crippen LogP contribution in [0, 0.1) is 6.92 Å². The Kier molecular flexibility index (Phi) is 2.02. The van der Waals surface area contributed by atoms with E-state index in [1.807, 2.05) is 6.92 Å². The summed E-state index contributed by atoms with van der Waals surface area (Å²) in [4.78, 5) is 5.43. The molecular weight excluding hydrogens is 215 g/mol. The third-order valence-electron chi connectivity index (χ3n) is 1.58. The lowest BCUT2D eigenvalue weighted by Gasteiger charge is -2.15. The Hall–Kier alpha value is -0.250. The summed E-state index contributed by atoms with van der Waals surface area (Å²) in [6.45, 7) is 2.66. The Morgan fingerprint density at radius 2 is 2.42 bits per heavy atom. The van der Waals surface area contributed by atoms with E-state index < -0.39 is 0 Å². The zero-order chi connectivity index (χ0) is 8.72. The molecule has 1 aliphatic heterocycles. The van der Waals surface area contributed by atoms with Gasteiger partial charge in [0.25, 0.3) is 0 Å². The normalized spacial score (nSPS) is 15.9. The van der Waals surface area contributed by atoms with Gasteiger partial charge in [-0.15, -0.1) is 11.3 Å². The maximum Gasteiger partial charge on any atom is 0.0994 e. The third-order valence-corrected chi connectivity index (χ3v) is 3.03. The minimum absolute atomic E-state index is 0.621. The lowest BCUT2D eigenvalue weighted by atomic mass is 10.3. The highest BCUT2D eigenvalue weighted by Gasteiger charge is 2.18. The van der Waals surface area contributed by atoms with Crippen molar-refractivity contribution in [3.05, 3.63) is 21.8 Å². The fourth-order valence-corrected chi connectivity index (χ4v) is 2.75. The fraction of sp³-hybridized carbons (Fsp3) is 0.286. The Balaban J connectivity index is 2.51. The van der Waals surface area contributed by atoms with Gasteiger partial charge in [0.05, 0.1) is 27.2 Å². The Bertz CT molecular complexity index is 345. The average molecular weight is 221 g/mol. The van der Waals surface area contributed by atoms with E-state index in [2.05, 4.69) is 4.98 Å². The first-order valence-electron chi connectivity index (χ1n) is 3.43. The average Bonchev–Trinajstić information content (AvgIpc) is 2.29. The third kappa shape index (κ3) is 1.32. The standard InChI is InChI=1S/C7H6Cl2N2S/c1-4-10-7-5(8)2-11(9)3-6(7)12-4/h2H,3H2,1H3. The van der Waals surface area contributed by atoms with Gasteiger partial charge < -0.3 is 0 Å². The van der Waals surface area contributed by atoms with Crippen LogP contribution >= 0.6 is 34.7 Å². The van der Waals surface area contributed by atoms with Gasteiger partial charge in [-0.3, -0.25) is 4.42 Å². The molecule has 0 aromatic carbocycles. The highest BCUT2D eigenvalue weighted by Crippen LogP contribution is 2.33. The molecule has 5 heteroatoms. The molecule has 2 heterocycles. The van der Waals surface area contributed by atoms with E-state index in [9.17, 15) is 0 Å². The van der Waals surface area contributed by atoms with Crippen molar-refractivity contribution in [1.29, 1.82) is 0 Å². The number of aromatic nitrogens is 1. The molecular formula is C7H6Cl2N2S. The highest BCUT2D eigenvalue weighted by molar-refractivity contribution is 7.11. The van der Waals surface area contributed by atoms with Crippen molar-refractivity contribution in [1.82, 2.24) is 9.40 Å². The second-order valence-corrected chi connectivity index (χ2v) is 4.67. The van der Waals surface area contributed by atoms with E-state index in [1.54, 1.807) is 22.0 Å². The SMILES string of the molecule is Cc1nc2c(s1)CN(Cl)C=C2Cl. The number of fused-ring (bicyclic) bond motifs is 1. The number of hydrogen-bond donors (Lipinski definition) is 0. The Labute approximate surface area is 84.5 Å². The zero-order valence-corrected chi connectivity index (χ0v) is 8.67. The summed E-state index contributed by atoms with van der Waals surface area (Å²) in [5, 5.41) is 1.65. The maximum atomic E-state index is 5.93. The smallest absolute Gasteiger partial charge is 0.0994 e. The minimum atomic E-state index is 0.621. The Morgan fingerprint density at radius 3 is 3.17 bits per heavy atom. The van der Waals surface area contributed by atoms with Crippen molar-refractivity contribution in [2.45, 2.75) is 13.5 Å². The summed E-state index contributed by atoms with van der Waals surface area (Å²) < 4.78 is 1.54. The summed E-state index contributed by atoms with van der Waals surface area (Å²) in [6.07, 6.45) is 1.69. The molecule has 1 aromatic rings. The van der Waals surface area contributed by atoms with Crippen molar-refractivity contribution < 1.29 is 0 Å². The number of nitrogens with zero attached hydrogens (tertiary/aromatic N) is 2. The van der Waals surface area contributed by atoms with Gasteiger partial charge in [-0.2, -0.15) is 0 Å². The van der Waals surface area contributed by atoms with Crippen LogP contribution in [0.2, 0.25) is 0 Å². The van der Waals surface area contributed by atoms with Gasteiger partial charge in [-0.25, -0.2) is 4.98 Å². The van der Waals surface area contributed by atoms with Gasteiger partial charge in [0, 0.05) is 18.0 Å². The maximum absolute atomic E-state index is 5.93. The fourth-order valence-electron chi connectivity index (χ4n) is 1.13. The molecule has 0 saturated heterocycles. The van der Waals surface area contributed by atoms with Crippen LogP contribution in [0.15, 0.2) is 6.20 Å². The van der Waals surface area contributed by atoms with Crippen LogP contribution in [-0.2, 0) is 6.54 Å². The predicted octanol–water partition coefficient (Wildman–Crippen LogP) is 2.96. The zero-order valence-electron chi connectivity index (χ0n) is 6.34. The van der Waals surface area contributed by atoms with Crippen molar-refractivity contribution >= 4 is 39.7 Å². The first kappa shape index (κ1) is 8.35. The topological polar surface area (TPSA) is 16.1 Å². The van der Waals surface area contributed by atoms with E-state index >= 15 is 0 Å². The van der Waals surface area contributed by atoms with E-state index in [-0.39, 0.29) is 0 Å². The van der Waals surface area contributed by atoms with Gasteiger partial charge in [0.1, 0.15) is 0 Å². The monoisotopic (exact) mass is 220 g/mol. The van der Waals surface area contributed by atoms with Crippen LogP contribution in [0.1, 0.15) is 15.6 Å². The lowest BCUT2D eigenvalue weighted by molar-refractivity contribution is 0.599. The quantitative estimate of drug-likeness (QED) is 0.626. The second-order valence-electron chi connectivity index (χ2n) is 2.54. The molecule has 2 rings (SSSR count). The molecule has 0 N–H and O–H groups in total. The molecule has 0 saturated carbocycles. The number of hydrogen-bond acceptors (Lipinski definition) is 3. The molecule has 1 aliphatic rings. The van der Waals surface area contributed by atoms with Crippen LogP contribution in [0.25, 0.3) is 5.03 Å². The van der Waals surface area contributed by atoms with Crippen molar-refractivity contribution in [2.75, 3.05) is 0 Å². The van der Waals surface area contributed by atoms with Crippen molar-refractivity contribution in [3.63, 3.8) is 0 Å². The first-order valence-corrected chi connectivity index (χ1v) is 4.96. The van der Waals surface area contributed by atoms with E-state index in [1.165, 1.54) is 0 Å². The first-order chi connectivity index (χ1) is 5.66. The highest BCUT2D eigenvalue weighted by atomic mass is 35.5. The van der Waals surface area contributed by atoms with Crippen LogP contribution in [0.5, 0.6) is 0 Å². The van der Waals surface area contributed by atoms with E-state index in [4.69, 9.17) is 23.4 Å². The second kappa shape index (κ2) is 2.91. The van der Waals surface area contributed by atoms with E-state index in [0.29, 0.717) is 11.6 Å².